The van der Waals surface area contributed by atoms with Crippen molar-refractivity contribution >= 4 is 16.6 Å². The quantitative estimate of drug-likeness (QED) is 0.531. The summed E-state index contributed by atoms with van der Waals surface area (Å²) in [6, 6.07) is 15.8. The smallest absolute Gasteiger partial charge is 0.311 e. The van der Waals surface area contributed by atoms with Crippen LogP contribution in [0.3, 0.4) is 0 Å². The van der Waals surface area contributed by atoms with E-state index >= 15 is 0 Å². The fraction of sp³-hybridized carbons (Fsp3) is 0.0625. The Morgan fingerprint density at radius 3 is 2.57 bits per heavy atom. The Bertz CT molecular complexity index is 831. The highest BCUT2D eigenvalue weighted by molar-refractivity contribution is 5.80. The van der Waals surface area contributed by atoms with E-state index in [0.717, 1.165) is 10.9 Å². The Balaban J connectivity index is 2.06. The fourth-order valence-corrected chi connectivity index (χ4v) is 2.11. The molecule has 0 saturated carbocycles. The first kappa shape index (κ1) is 13.1. The van der Waals surface area contributed by atoms with Crippen LogP contribution in [0.1, 0.15) is 5.69 Å². The van der Waals surface area contributed by atoms with Gasteiger partial charge in [-0.2, -0.15) is 0 Å². The van der Waals surface area contributed by atoms with Crippen molar-refractivity contribution in [1.82, 2.24) is 4.98 Å². The minimum absolute atomic E-state index is 0.0648. The van der Waals surface area contributed by atoms with Crippen LogP contribution < -0.4 is 4.74 Å². The number of nitrogens with zero attached hydrogens (tertiary/aromatic N) is 2. The summed E-state index contributed by atoms with van der Waals surface area (Å²) in [5.74, 6) is 0.727. The number of pyridine rings is 1. The van der Waals surface area contributed by atoms with Gasteiger partial charge in [0.25, 0.3) is 0 Å². The standard InChI is InChI=1S/C16H12N2O3/c1-11-16(10-12-6-2-3-7-13(12)17-11)21-15-9-5-4-8-14(15)18(19)20/h2-10H,1H3. The van der Waals surface area contributed by atoms with E-state index in [2.05, 4.69) is 4.98 Å². The average molecular weight is 280 g/mol. The maximum absolute atomic E-state index is 11.0. The van der Waals surface area contributed by atoms with Gasteiger partial charge in [-0.05, 0) is 25.1 Å². The second kappa shape index (κ2) is 5.20. The first-order chi connectivity index (χ1) is 10.1. The zero-order valence-corrected chi connectivity index (χ0v) is 11.3. The molecule has 21 heavy (non-hydrogen) atoms. The van der Waals surface area contributed by atoms with Crippen molar-refractivity contribution in [3.63, 3.8) is 0 Å². The van der Waals surface area contributed by atoms with Crippen LogP contribution in [0, 0.1) is 17.0 Å². The summed E-state index contributed by atoms with van der Waals surface area (Å²) in [5.41, 5.74) is 1.49. The van der Waals surface area contributed by atoms with E-state index in [0.29, 0.717) is 11.4 Å². The van der Waals surface area contributed by atoms with Crippen LogP contribution in [0.5, 0.6) is 11.5 Å². The predicted octanol–water partition coefficient (Wildman–Crippen LogP) is 4.24. The number of hydrogen-bond acceptors (Lipinski definition) is 4. The molecule has 3 aromatic rings. The third-order valence-corrected chi connectivity index (χ3v) is 3.15. The van der Waals surface area contributed by atoms with Crippen LogP contribution >= 0.6 is 0 Å². The van der Waals surface area contributed by atoms with Crippen LogP contribution in [0.4, 0.5) is 5.69 Å². The molecule has 0 radical (unpaired) electrons. The SMILES string of the molecule is Cc1nc2ccccc2cc1Oc1ccccc1[N+](=O)[O-]. The molecule has 104 valence electrons. The molecule has 5 nitrogen and oxygen atoms in total. The third-order valence-electron chi connectivity index (χ3n) is 3.15. The third kappa shape index (κ3) is 2.53. The van der Waals surface area contributed by atoms with E-state index in [-0.39, 0.29) is 11.4 Å². The number of benzene rings is 2. The molecule has 0 atom stereocenters. The topological polar surface area (TPSA) is 65.3 Å². The van der Waals surface area contributed by atoms with Gasteiger partial charge in [0.1, 0.15) is 5.75 Å². The number of nitro groups is 1. The van der Waals surface area contributed by atoms with Crippen LogP contribution in [0.2, 0.25) is 0 Å². The molecule has 2 aromatic carbocycles. The molecule has 0 aliphatic heterocycles. The number of aromatic nitrogens is 1. The van der Waals surface area contributed by atoms with Crippen molar-refractivity contribution in [3.05, 3.63) is 70.4 Å². The number of hydrogen-bond donors (Lipinski definition) is 0. The molecular formula is C16H12N2O3. The van der Waals surface area contributed by atoms with E-state index in [1.165, 1.54) is 6.07 Å². The van der Waals surface area contributed by atoms with Crippen molar-refractivity contribution in [3.8, 4) is 11.5 Å². The Hall–Kier alpha value is -2.95. The molecule has 3 rings (SSSR count). The zero-order valence-electron chi connectivity index (χ0n) is 11.3. The highest BCUT2D eigenvalue weighted by Gasteiger charge is 2.15. The molecular weight excluding hydrogens is 268 g/mol. The first-order valence-corrected chi connectivity index (χ1v) is 6.43. The number of rotatable bonds is 3. The van der Waals surface area contributed by atoms with Gasteiger partial charge in [-0.3, -0.25) is 10.1 Å². The van der Waals surface area contributed by atoms with Gasteiger partial charge >= 0.3 is 5.69 Å². The summed E-state index contributed by atoms with van der Waals surface area (Å²) >= 11 is 0. The Morgan fingerprint density at radius 2 is 1.76 bits per heavy atom. The van der Waals surface area contributed by atoms with Gasteiger partial charge < -0.3 is 4.74 Å². The maximum Gasteiger partial charge on any atom is 0.311 e. The summed E-state index contributed by atoms with van der Waals surface area (Å²) in [5, 5.41) is 11.9. The molecule has 0 fully saturated rings. The molecule has 0 aliphatic rings. The number of ether oxygens (including phenoxy) is 1. The van der Waals surface area contributed by atoms with Crippen molar-refractivity contribution in [2.24, 2.45) is 0 Å². The molecule has 0 spiro atoms. The normalized spacial score (nSPS) is 10.5. The Kier molecular flexibility index (Phi) is 3.23. The van der Waals surface area contributed by atoms with E-state index < -0.39 is 4.92 Å². The largest absolute Gasteiger partial charge is 0.448 e. The van der Waals surface area contributed by atoms with Crippen LogP contribution in [0.15, 0.2) is 54.6 Å². The monoisotopic (exact) mass is 280 g/mol. The fourth-order valence-electron chi connectivity index (χ4n) is 2.11. The lowest BCUT2D eigenvalue weighted by molar-refractivity contribution is -0.385. The molecule has 0 bridgehead atoms. The number of aryl methyl sites for hydroxylation is 1. The average Bonchev–Trinajstić information content (AvgIpc) is 2.48. The number of nitro benzene ring substituents is 1. The molecule has 0 aliphatic carbocycles. The molecule has 5 heteroatoms. The lowest BCUT2D eigenvalue weighted by Crippen LogP contribution is -1.95. The molecule has 0 unspecified atom stereocenters. The highest BCUT2D eigenvalue weighted by Crippen LogP contribution is 2.33. The molecule has 1 aromatic heterocycles. The zero-order chi connectivity index (χ0) is 14.8. The van der Waals surface area contributed by atoms with Crippen LogP contribution in [-0.2, 0) is 0 Å². The number of fused-ring (bicyclic) bond motifs is 1. The van der Waals surface area contributed by atoms with Crippen molar-refractivity contribution in [2.45, 2.75) is 6.92 Å². The van der Waals surface area contributed by atoms with E-state index in [9.17, 15) is 10.1 Å². The second-order valence-electron chi connectivity index (χ2n) is 4.59. The van der Waals surface area contributed by atoms with Gasteiger partial charge in [0, 0.05) is 11.5 Å². The second-order valence-corrected chi connectivity index (χ2v) is 4.59. The summed E-state index contributed by atoms with van der Waals surface area (Å²) in [4.78, 5) is 15.0. The van der Waals surface area contributed by atoms with Gasteiger partial charge in [-0.1, -0.05) is 30.3 Å². The van der Waals surface area contributed by atoms with Gasteiger partial charge in [0.2, 0.25) is 5.75 Å². The summed E-state index contributed by atoms with van der Waals surface area (Å²) in [7, 11) is 0. The summed E-state index contributed by atoms with van der Waals surface area (Å²) in [6.45, 7) is 1.82. The van der Waals surface area contributed by atoms with Gasteiger partial charge in [-0.15, -0.1) is 0 Å². The van der Waals surface area contributed by atoms with Gasteiger partial charge in [0.05, 0.1) is 16.1 Å². The molecule has 1 heterocycles. The van der Waals surface area contributed by atoms with Gasteiger partial charge in [-0.25, -0.2) is 4.98 Å². The summed E-state index contributed by atoms with van der Waals surface area (Å²) < 4.78 is 5.71. The van der Waals surface area contributed by atoms with Crippen LogP contribution in [-0.4, -0.2) is 9.91 Å². The highest BCUT2D eigenvalue weighted by atomic mass is 16.6. The van der Waals surface area contributed by atoms with E-state index in [4.69, 9.17) is 4.74 Å². The first-order valence-electron chi connectivity index (χ1n) is 6.43. The lowest BCUT2D eigenvalue weighted by Gasteiger charge is -2.09. The summed E-state index contributed by atoms with van der Waals surface area (Å²) in [6.07, 6.45) is 0. The van der Waals surface area contributed by atoms with Crippen molar-refractivity contribution < 1.29 is 9.66 Å². The molecule has 0 N–H and O–H groups in total. The maximum atomic E-state index is 11.0. The van der Waals surface area contributed by atoms with Gasteiger partial charge in [0.15, 0.2) is 0 Å². The Morgan fingerprint density at radius 1 is 1.05 bits per heavy atom. The van der Waals surface area contributed by atoms with Crippen molar-refractivity contribution in [2.75, 3.05) is 0 Å². The Labute approximate surface area is 121 Å². The predicted molar refractivity (Wildman–Crippen MR) is 79.7 cm³/mol. The lowest BCUT2D eigenvalue weighted by atomic mass is 10.2. The minimum atomic E-state index is -0.459. The molecule has 0 saturated heterocycles. The van der Waals surface area contributed by atoms with E-state index in [1.54, 1.807) is 18.2 Å². The minimum Gasteiger partial charge on any atom is -0.448 e. The van der Waals surface area contributed by atoms with Crippen molar-refractivity contribution in [1.29, 1.82) is 0 Å². The number of para-hydroxylation sites is 3. The van der Waals surface area contributed by atoms with Crippen LogP contribution in [0.25, 0.3) is 10.9 Å². The van der Waals surface area contributed by atoms with E-state index in [1.807, 2.05) is 37.3 Å². The molecule has 0 amide bonds.